The van der Waals surface area contributed by atoms with E-state index in [1.165, 1.54) is 22.5 Å². The van der Waals surface area contributed by atoms with Gasteiger partial charge in [-0.3, -0.25) is 0 Å². The summed E-state index contributed by atoms with van der Waals surface area (Å²) >= 11 is 4.89. The van der Waals surface area contributed by atoms with Gasteiger partial charge in [0.05, 0.1) is 15.3 Å². The van der Waals surface area contributed by atoms with Crippen LogP contribution in [0.3, 0.4) is 0 Å². The second kappa shape index (κ2) is 4.75. The van der Waals surface area contributed by atoms with Gasteiger partial charge >= 0.3 is 0 Å². The Morgan fingerprint density at radius 3 is 2.32 bits per heavy atom. The van der Waals surface area contributed by atoms with Crippen LogP contribution < -0.4 is 0 Å². The number of halogens is 1. The molecule has 3 rings (SSSR count). The molecule has 0 saturated heterocycles. The quantitative estimate of drug-likeness (QED) is 0.906. The number of thiophene rings is 1. The van der Waals surface area contributed by atoms with Gasteiger partial charge < -0.3 is 5.11 Å². The molecule has 1 aromatic carbocycles. The SMILES string of the molecule is N#CC1(C(O)c2ccc(Br)s2)Cc2ccccc2C1. The molecule has 2 nitrogen and oxygen atoms in total. The second-order valence-electron chi connectivity index (χ2n) is 4.93. The zero-order chi connectivity index (χ0) is 13.5. The molecular formula is C15H12BrNOS. The van der Waals surface area contributed by atoms with Crippen LogP contribution in [0.5, 0.6) is 0 Å². The molecule has 0 bridgehead atoms. The van der Waals surface area contributed by atoms with Crippen molar-refractivity contribution in [1.82, 2.24) is 0 Å². The van der Waals surface area contributed by atoms with E-state index in [9.17, 15) is 10.4 Å². The lowest BCUT2D eigenvalue weighted by molar-refractivity contribution is 0.0725. The average Bonchev–Trinajstić information content (AvgIpc) is 3.01. The van der Waals surface area contributed by atoms with Crippen molar-refractivity contribution in [2.24, 2.45) is 5.41 Å². The molecule has 0 fully saturated rings. The normalized spacial score (nSPS) is 17.7. The maximum atomic E-state index is 10.6. The largest absolute Gasteiger partial charge is 0.386 e. The number of rotatable bonds is 2. The van der Waals surface area contributed by atoms with Crippen LogP contribution in [0, 0.1) is 16.7 Å². The Bertz CT molecular complexity index is 633. The lowest BCUT2D eigenvalue weighted by Gasteiger charge is -2.26. The minimum Gasteiger partial charge on any atom is -0.386 e. The first kappa shape index (κ1) is 12.9. The average molecular weight is 334 g/mol. The first-order valence-electron chi connectivity index (χ1n) is 6.06. The molecule has 1 heterocycles. The summed E-state index contributed by atoms with van der Waals surface area (Å²) in [4.78, 5) is 0.848. The van der Waals surface area contributed by atoms with Gasteiger partial charge in [-0.25, -0.2) is 0 Å². The standard InChI is InChI=1S/C15H12BrNOS/c16-13-6-5-12(19-13)14(18)15(9-17)7-10-3-1-2-4-11(10)8-15/h1-6,14,18H,7-8H2. The number of hydrogen-bond acceptors (Lipinski definition) is 3. The van der Waals surface area contributed by atoms with E-state index in [-0.39, 0.29) is 0 Å². The summed E-state index contributed by atoms with van der Waals surface area (Å²) in [6, 6.07) is 14.2. The topological polar surface area (TPSA) is 44.0 Å². The van der Waals surface area contributed by atoms with Crippen LogP contribution in [0.4, 0.5) is 0 Å². The van der Waals surface area contributed by atoms with Gasteiger partial charge in [-0.1, -0.05) is 24.3 Å². The van der Waals surface area contributed by atoms with Gasteiger partial charge in [-0.05, 0) is 52.0 Å². The Labute approximate surface area is 124 Å². The lowest BCUT2D eigenvalue weighted by atomic mass is 9.80. The van der Waals surface area contributed by atoms with Gasteiger partial charge in [-0.15, -0.1) is 11.3 Å². The first-order chi connectivity index (χ1) is 9.14. The molecule has 1 aliphatic carbocycles. The third kappa shape index (κ3) is 2.12. The molecule has 1 aliphatic rings. The smallest absolute Gasteiger partial charge is 0.107 e. The van der Waals surface area contributed by atoms with E-state index < -0.39 is 11.5 Å². The van der Waals surface area contributed by atoms with E-state index in [2.05, 4.69) is 22.0 Å². The second-order valence-corrected chi connectivity index (χ2v) is 7.43. The van der Waals surface area contributed by atoms with Gasteiger partial charge in [0.1, 0.15) is 6.10 Å². The van der Waals surface area contributed by atoms with Crippen LogP contribution in [0.25, 0.3) is 0 Å². The lowest BCUT2D eigenvalue weighted by Crippen LogP contribution is -2.27. The number of fused-ring (bicyclic) bond motifs is 1. The summed E-state index contributed by atoms with van der Waals surface area (Å²) in [5, 5.41) is 20.2. The summed E-state index contributed by atoms with van der Waals surface area (Å²) in [6.45, 7) is 0. The molecule has 96 valence electrons. The summed E-state index contributed by atoms with van der Waals surface area (Å²) in [7, 11) is 0. The highest BCUT2D eigenvalue weighted by Gasteiger charge is 2.44. The Morgan fingerprint density at radius 2 is 1.84 bits per heavy atom. The van der Waals surface area contributed by atoms with Crippen molar-refractivity contribution in [2.45, 2.75) is 18.9 Å². The van der Waals surface area contributed by atoms with E-state index in [1.807, 2.05) is 36.4 Å². The minimum absolute atomic E-state index is 0.621. The summed E-state index contributed by atoms with van der Waals surface area (Å²) in [5.74, 6) is 0. The maximum Gasteiger partial charge on any atom is 0.107 e. The molecule has 1 aromatic heterocycles. The summed E-state index contributed by atoms with van der Waals surface area (Å²) in [6.07, 6.45) is 0.508. The molecule has 19 heavy (non-hydrogen) atoms. The molecule has 0 aliphatic heterocycles. The molecule has 0 spiro atoms. The van der Waals surface area contributed by atoms with Crippen LogP contribution >= 0.6 is 27.3 Å². The fourth-order valence-electron chi connectivity index (χ4n) is 2.73. The monoisotopic (exact) mass is 333 g/mol. The molecule has 1 N–H and O–H groups in total. The van der Waals surface area contributed by atoms with Crippen molar-refractivity contribution >= 4 is 27.3 Å². The molecule has 0 radical (unpaired) electrons. The van der Waals surface area contributed by atoms with Crippen LogP contribution in [-0.4, -0.2) is 5.11 Å². The number of nitriles is 1. The van der Waals surface area contributed by atoms with E-state index in [4.69, 9.17) is 0 Å². The van der Waals surface area contributed by atoms with E-state index >= 15 is 0 Å². The van der Waals surface area contributed by atoms with Crippen molar-refractivity contribution in [3.63, 3.8) is 0 Å². The maximum absolute atomic E-state index is 10.6. The number of aliphatic hydroxyl groups is 1. The highest BCUT2D eigenvalue weighted by atomic mass is 79.9. The van der Waals surface area contributed by atoms with Gasteiger partial charge in [0, 0.05) is 4.88 Å². The molecule has 1 unspecified atom stereocenters. The minimum atomic E-state index is -0.735. The molecule has 2 aromatic rings. The number of hydrogen-bond donors (Lipinski definition) is 1. The number of nitrogens with zero attached hydrogens (tertiary/aromatic N) is 1. The summed E-state index contributed by atoms with van der Waals surface area (Å²) < 4.78 is 0.977. The predicted molar refractivity (Wildman–Crippen MR) is 78.9 cm³/mol. The highest BCUT2D eigenvalue weighted by Crippen LogP contribution is 2.47. The first-order valence-corrected chi connectivity index (χ1v) is 7.67. The zero-order valence-corrected chi connectivity index (χ0v) is 12.5. The molecule has 0 saturated carbocycles. The van der Waals surface area contributed by atoms with Crippen molar-refractivity contribution < 1.29 is 5.11 Å². The molecule has 4 heteroatoms. The Kier molecular flexibility index (Phi) is 3.22. The van der Waals surface area contributed by atoms with Crippen molar-refractivity contribution in [3.05, 3.63) is 56.2 Å². The summed E-state index contributed by atoms with van der Waals surface area (Å²) in [5.41, 5.74) is 1.63. The van der Waals surface area contributed by atoms with Gasteiger partial charge in [0.25, 0.3) is 0 Å². The fourth-order valence-corrected chi connectivity index (χ4v) is 4.25. The number of aliphatic hydroxyl groups excluding tert-OH is 1. The number of benzene rings is 1. The zero-order valence-electron chi connectivity index (χ0n) is 10.1. The van der Waals surface area contributed by atoms with Crippen LogP contribution in [0.1, 0.15) is 22.1 Å². The van der Waals surface area contributed by atoms with Crippen LogP contribution in [-0.2, 0) is 12.8 Å². The molecule has 1 atom stereocenters. The predicted octanol–water partition coefficient (Wildman–Crippen LogP) is 3.85. The van der Waals surface area contributed by atoms with E-state index in [1.54, 1.807) is 0 Å². The van der Waals surface area contributed by atoms with Gasteiger partial charge in [0.15, 0.2) is 0 Å². The van der Waals surface area contributed by atoms with Gasteiger partial charge in [0.2, 0.25) is 0 Å². The van der Waals surface area contributed by atoms with E-state index in [0.717, 1.165) is 8.66 Å². The Balaban J connectivity index is 1.97. The van der Waals surface area contributed by atoms with Crippen molar-refractivity contribution in [1.29, 1.82) is 5.26 Å². The Morgan fingerprint density at radius 1 is 1.21 bits per heavy atom. The van der Waals surface area contributed by atoms with Crippen LogP contribution in [0.2, 0.25) is 0 Å². The fraction of sp³-hybridized carbons (Fsp3) is 0.267. The molecular weight excluding hydrogens is 322 g/mol. The van der Waals surface area contributed by atoms with Crippen molar-refractivity contribution in [2.75, 3.05) is 0 Å². The molecule has 0 amide bonds. The van der Waals surface area contributed by atoms with E-state index in [0.29, 0.717) is 12.8 Å². The van der Waals surface area contributed by atoms with Gasteiger partial charge in [-0.2, -0.15) is 5.26 Å². The third-order valence-electron chi connectivity index (χ3n) is 3.74. The van der Waals surface area contributed by atoms with Crippen molar-refractivity contribution in [3.8, 4) is 6.07 Å². The Hall–Kier alpha value is -1.15. The third-order valence-corrected chi connectivity index (χ3v) is 5.42. The highest BCUT2D eigenvalue weighted by molar-refractivity contribution is 9.11. The van der Waals surface area contributed by atoms with Crippen LogP contribution in [0.15, 0.2) is 40.2 Å².